The number of nitrogens with one attached hydrogen (secondary N) is 1. The van der Waals surface area contributed by atoms with E-state index in [1.165, 1.54) is 0 Å². The lowest BCUT2D eigenvalue weighted by molar-refractivity contribution is 0.0710. The fourth-order valence-electron chi connectivity index (χ4n) is 4.54. The number of amides is 2. The van der Waals surface area contributed by atoms with Crippen molar-refractivity contribution in [1.82, 2.24) is 15.2 Å². The molecule has 1 saturated heterocycles. The molecule has 8 heteroatoms. The minimum absolute atomic E-state index is 0.000916. The fourth-order valence-corrected chi connectivity index (χ4v) is 4.67. The van der Waals surface area contributed by atoms with Crippen LogP contribution < -0.4 is 14.8 Å². The molecule has 3 aromatic rings. The van der Waals surface area contributed by atoms with E-state index >= 15 is 0 Å². The summed E-state index contributed by atoms with van der Waals surface area (Å²) in [5.41, 5.74) is 3.81. The van der Waals surface area contributed by atoms with Gasteiger partial charge in [0.15, 0.2) is 11.5 Å². The molecule has 35 heavy (non-hydrogen) atoms. The molecule has 0 spiro atoms. The number of hydrogen-bond acceptors (Lipinski definition) is 5. The van der Waals surface area contributed by atoms with Gasteiger partial charge in [0.05, 0.1) is 11.3 Å². The minimum Gasteiger partial charge on any atom is -0.454 e. The Hall–Kier alpha value is -3.58. The van der Waals surface area contributed by atoms with E-state index in [2.05, 4.69) is 5.32 Å². The van der Waals surface area contributed by atoms with Crippen LogP contribution in [0.5, 0.6) is 11.5 Å². The van der Waals surface area contributed by atoms with Gasteiger partial charge in [0.1, 0.15) is 0 Å². The van der Waals surface area contributed by atoms with E-state index < -0.39 is 0 Å². The number of carbonyl (C=O) groups excluding carboxylic acids is 2. The number of rotatable bonds is 5. The largest absolute Gasteiger partial charge is 0.454 e. The van der Waals surface area contributed by atoms with Crippen LogP contribution in [-0.2, 0) is 6.54 Å². The Bertz CT molecular complexity index is 1250. The standard InChI is InChI=1S/C27H26ClN3O4/c1-17-2-8-22(26(32)29-15-18-3-9-23-24(14-18)35-16-34-23)25(30-17)19-10-12-31(13-11-19)27(33)20-4-6-21(28)7-5-20/h2-9,14,19H,10-13,15-16H2,1H3,(H,29,32). The lowest BCUT2D eigenvalue weighted by Crippen LogP contribution is -2.38. The summed E-state index contributed by atoms with van der Waals surface area (Å²) >= 11 is 5.95. The third kappa shape index (κ3) is 5.10. The lowest BCUT2D eigenvalue weighted by Gasteiger charge is -2.32. The summed E-state index contributed by atoms with van der Waals surface area (Å²) < 4.78 is 10.8. The molecule has 7 nitrogen and oxygen atoms in total. The first-order valence-corrected chi connectivity index (χ1v) is 12.0. The smallest absolute Gasteiger partial charge is 0.253 e. The van der Waals surface area contributed by atoms with Crippen LogP contribution in [0.4, 0.5) is 0 Å². The quantitative estimate of drug-likeness (QED) is 0.558. The normalized spacial score (nSPS) is 15.2. The van der Waals surface area contributed by atoms with Gasteiger partial charge in [-0.3, -0.25) is 14.6 Å². The van der Waals surface area contributed by atoms with E-state index in [-0.39, 0.29) is 24.5 Å². The third-order valence-corrected chi connectivity index (χ3v) is 6.71. The molecule has 0 bridgehead atoms. The summed E-state index contributed by atoms with van der Waals surface area (Å²) in [5, 5.41) is 3.61. The molecule has 2 aromatic carbocycles. The van der Waals surface area contributed by atoms with Crippen LogP contribution in [-0.4, -0.2) is 41.6 Å². The van der Waals surface area contributed by atoms with Crippen LogP contribution in [0, 0.1) is 6.92 Å². The van der Waals surface area contributed by atoms with Crippen molar-refractivity contribution < 1.29 is 19.1 Å². The molecular formula is C27H26ClN3O4. The van der Waals surface area contributed by atoms with E-state index in [0.717, 1.165) is 29.8 Å². The van der Waals surface area contributed by atoms with Crippen LogP contribution in [0.3, 0.4) is 0 Å². The first kappa shape index (κ1) is 23.2. The van der Waals surface area contributed by atoms with Crippen LogP contribution in [0.2, 0.25) is 5.02 Å². The summed E-state index contributed by atoms with van der Waals surface area (Å²) in [6.45, 7) is 3.74. The van der Waals surface area contributed by atoms with Crippen LogP contribution in [0.25, 0.3) is 0 Å². The lowest BCUT2D eigenvalue weighted by atomic mass is 9.89. The van der Waals surface area contributed by atoms with Crippen molar-refractivity contribution in [3.8, 4) is 11.5 Å². The Kier molecular flexibility index (Phi) is 6.59. The van der Waals surface area contributed by atoms with E-state index in [9.17, 15) is 9.59 Å². The number of ether oxygens (including phenoxy) is 2. The number of nitrogens with zero attached hydrogens (tertiary/aromatic N) is 2. The van der Waals surface area contributed by atoms with Crippen LogP contribution in [0.1, 0.15) is 56.4 Å². The van der Waals surface area contributed by atoms with Gasteiger partial charge in [-0.15, -0.1) is 0 Å². The van der Waals surface area contributed by atoms with E-state index in [4.69, 9.17) is 26.1 Å². The van der Waals surface area contributed by atoms with E-state index in [1.807, 2.05) is 42.2 Å². The highest BCUT2D eigenvalue weighted by Gasteiger charge is 2.28. The van der Waals surface area contributed by atoms with Crippen molar-refractivity contribution in [3.63, 3.8) is 0 Å². The summed E-state index contributed by atoms with van der Waals surface area (Å²) in [7, 11) is 0. The first-order valence-electron chi connectivity index (χ1n) is 11.7. The number of benzene rings is 2. The van der Waals surface area contributed by atoms with E-state index in [0.29, 0.717) is 47.3 Å². The molecule has 0 atom stereocenters. The molecule has 0 saturated carbocycles. The molecule has 3 heterocycles. The van der Waals surface area contributed by atoms with Gasteiger partial charge in [-0.25, -0.2) is 0 Å². The number of aromatic nitrogens is 1. The van der Waals surface area contributed by atoms with Crippen molar-refractivity contribution in [2.24, 2.45) is 0 Å². The predicted molar refractivity (Wildman–Crippen MR) is 132 cm³/mol. The highest BCUT2D eigenvalue weighted by Crippen LogP contribution is 2.33. The molecule has 2 aliphatic rings. The first-order chi connectivity index (χ1) is 17.0. The zero-order chi connectivity index (χ0) is 24.4. The van der Waals surface area contributed by atoms with Gasteiger partial charge < -0.3 is 19.7 Å². The Morgan fingerprint density at radius 1 is 1.03 bits per heavy atom. The number of piperidine rings is 1. The number of hydrogen-bond donors (Lipinski definition) is 1. The second kappa shape index (κ2) is 9.96. The van der Waals surface area contributed by atoms with Gasteiger partial charge >= 0.3 is 0 Å². The highest BCUT2D eigenvalue weighted by atomic mass is 35.5. The topological polar surface area (TPSA) is 80.8 Å². The molecule has 180 valence electrons. The summed E-state index contributed by atoms with van der Waals surface area (Å²) in [6, 6.07) is 16.3. The molecule has 1 N–H and O–H groups in total. The molecule has 0 radical (unpaired) electrons. The van der Waals surface area contributed by atoms with Crippen molar-refractivity contribution in [2.75, 3.05) is 19.9 Å². The highest BCUT2D eigenvalue weighted by molar-refractivity contribution is 6.30. The Morgan fingerprint density at radius 3 is 2.54 bits per heavy atom. The van der Waals surface area contributed by atoms with Crippen molar-refractivity contribution >= 4 is 23.4 Å². The zero-order valence-electron chi connectivity index (χ0n) is 19.4. The maximum absolute atomic E-state index is 13.1. The average molecular weight is 492 g/mol. The van der Waals surface area contributed by atoms with Gasteiger partial charge in [-0.05, 0) is 73.9 Å². The second-order valence-electron chi connectivity index (χ2n) is 8.83. The molecule has 2 amide bonds. The van der Waals surface area contributed by atoms with Crippen LogP contribution in [0.15, 0.2) is 54.6 Å². The number of likely N-dealkylation sites (tertiary alicyclic amines) is 1. The van der Waals surface area contributed by atoms with E-state index in [1.54, 1.807) is 24.3 Å². The number of pyridine rings is 1. The molecule has 0 unspecified atom stereocenters. The maximum Gasteiger partial charge on any atom is 0.253 e. The monoisotopic (exact) mass is 491 g/mol. The molecule has 0 aliphatic carbocycles. The maximum atomic E-state index is 13.1. The molecular weight excluding hydrogens is 466 g/mol. The molecule has 1 aromatic heterocycles. The third-order valence-electron chi connectivity index (χ3n) is 6.46. The number of fused-ring (bicyclic) bond motifs is 1. The number of carbonyl (C=O) groups is 2. The zero-order valence-corrected chi connectivity index (χ0v) is 20.2. The van der Waals surface area contributed by atoms with Gasteiger partial charge in [0.2, 0.25) is 6.79 Å². The summed E-state index contributed by atoms with van der Waals surface area (Å²) in [4.78, 5) is 32.6. The average Bonchev–Trinajstić information content (AvgIpc) is 3.35. The summed E-state index contributed by atoms with van der Waals surface area (Å²) in [5.74, 6) is 1.35. The Morgan fingerprint density at radius 2 is 1.77 bits per heavy atom. The van der Waals surface area contributed by atoms with Crippen molar-refractivity contribution in [1.29, 1.82) is 0 Å². The summed E-state index contributed by atoms with van der Waals surface area (Å²) in [6.07, 6.45) is 1.50. The fraction of sp³-hybridized carbons (Fsp3) is 0.296. The number of aryl methyl sites for hydroxylation is 1. The second-order valence-corrected chi connectivity index (χ2v) is 9.27. The van der Waals surface area contributed by atoms with Crippen molar-refractivity contribution in [2.45, 2.75) is 32.2 Å². The Balaban J connectivity index is 1.25. The minimum atomic E-state index is -0.162. The van der Waals surface area contributed by atoms with Gasteiger partial charge in [-0.2, -0.15) is 0 Å². The van der Waals surface area contributed by atoms with Gasteiger partial charge in [-0.1, -0.05) is 17.7 Å². The van der Waals surface area contributed by atoms with Gasteiger partial charge in [0.25, 0.3) is 11.8 Å². The predicted octanol–water partition coefficient (Wildman–Crippen LogP) is 4.72. The van der Waals surface area contributed by atoms with Crippen molar-refractivity contribution in [3.05, 3.63) is 87.7 Å². The van der Waals surface area contributed by atoms with Crippen LogP contribution >= 0.6 is 11.6 Å². The molecule has 2 aliphatic heterocycles. The number of halogens is 1. The SMILES string of the molecule is Cc1ccc(C(=O)NCc2ccc3c(c2)OCO3)c(C2CCN(C(=O)c3ccc(Cl)cc3)CC2)n1. The Labute approximate surface area is 209 Å². The molecule has 5 rings (SSSR count). The van der Waals surface area contributed by atoms with Gasteiger partial charge in [0, 0.05) is 41.8 Å². The molecule has 1 fully saturated rings.